The highest BCUT2D eigenvalue weighted by molar-refractivity contribution is 14.0. The van der Waals surface area contributed by atoms with Gasteiger partial charge in [0.05, 0.1) is 5.02 Å². The Labute approximate surface area is 187 Å². The Bertz CT molecular complexity index is 754. The zero-order chi connectivity index (χ0) is 18.4. The Balaban J connectivity index is 0.00000261. The average molecular weight is 520 g/mol. The molecular formula is C19H24Cl2IN5. The van der Waals surface area contributed by atoms with Crippen LogP contribution in [0.15, 0.2) is 47.6 Å². The first-order valence-electron chi connectivity index (χ1n) is 8.73. The molecule has 0 aliphatic carbocycles. The van der Waals surface area contributed by atoms with Gasteiger partial charge in [0.15, 0.2) is 5.96 Å². The first kappa shape index (κ1) is 22.0. The Morgan fingerprint density at radius 2 is 2.04 bits per heavy atom. The van der Waals surface area contributed by atoms with Gasteiger partial charge >= 0.3 is 0 Å². The van der Waals surface area contributed by atoms with E-state index >= 15 is 0 Å². The van der Waals surface area contributed by atoms with Crippen molar-refractivity contribution in [3.8, 4) is 0 Å². The van der Waals surface area contributed by atoms with E-state index in [4.69, 9.17) is 23.2 Å². The van der Waals surface area contributed by atoms with E-state index in [0.29, 0.717) is 11.1 Å². The van der Waals surface area contributed by atoms with E-state index < -0.39 is 0 Å². The van der Waals surface area contributed by atoms with Gasteiger partial charge in [-0.15, -0.1) is 24.0 Å². The van der Waals surface area contributed by atoms with E-state index in [1.54, 1.807) is 13.2 Å². The van der Waals surface area contributed by atoms with Crippen molar-refractivity contribution in [2.24, 2.45) is 4.99 Å². The second kappa shape index (κ2) is 10.9. The summed E-state index contributed by atoms with van der Waals surface area (Å²) < 4.78 is 0. The molecule has 1 atom stereocenters. The molecule has 2 heterocycles. The maximum absolute atomic E-state index is 6.25. The number of benzene rings is 1. The molecule has 1 aliphatic heterocycles. The lowest BCUT2D eigenvalue weighted by molar-refractivity contribution is 0.648. The quantitative estimate of drug-likeness (QED) is 0.356. The van der Waals surface area contributed by atoms with Gasteiger partial charge in [0, 0.05) is 43.9 Å². The van der Waals surface area contributed by atoms with Crippen LogP contribution in [-0.2, 0) is 6.42 Å². The van der Waals surface area contributed by atoms with Crippen LogP contribution in [0, 0.1) is 0 Å². The Kier molecular flexibility index (Phi) is 8.92. The second-order valence-electron chi connectivity index (χ2n) is 6.26. The number of hydrogen-bond acceptors (Lipinski definition) is 3. The number of aromatic nitrogens is 1. The first-order valence-corrected chi connectivity index (χ1v) is 9.48. The SMILES string of the molecule is CN=C(NCCc1ccc(Cl)cc1)NC1CCN(c2ncccc2Cl)C1.I. The van der Waals surface area contributed by atoms with Crippen LogP contribution in [0.1, 0.15) is 12.0 Å². The number of halogens is 3. The van der Waals surface area contributed by atoms with Gasteiger partial charge in [0.1, 0.15) is 5.82 Å². The molecule has 1 aliphatic rings. The second-order valence-corrected chi connectivity index (χ2v) is 7.10. The maximum atomic E-state index is 6.25. The van der Waals surface area contributed by atoms with E-state index in [9.17, 15) is 0 Å². The van der Waals surface area contributed by atoms with E-state index in [-0.39, 0.29) is 24.0 Å². The summed E-state index contributed by atoms with van der Waals surface area (Å²) in [6.45, 7) is 2.59. The van der Waals surface area contributed by atoms with Crippen molar-refractivity contribution in [1.29, 1.82) is 0 Å². The third-order valence-corrected chi connectivity index (χ3v) is 4.96. The van der Waals surface area contributed by atoms with Gasteiger partial charge in [-0.2, -0.15) is 0 Å². The molecule has 0 bridgehead atoms. The smallest absolute Gasteiger partial charge is 0.191 e. The Hall–Kier alpha value is -1.25. The van der Waals surface area contributed by atoms with Gasteiger partial charge in [-0.1, -0.05) is 35.3 Å². The molecule has 2 aromatic rings. The van der Waals surface area contributed by atoms with Crippen LogP contribution in [-0.4, -0.2) is 43.7 Å². The molecule has 1 saturated heterocycles. The van der Waals surface area contributed by atoms with Crippen molar-refractivity contribution in [1.82, 2.24) is 15.6 Å². The predicted octanol–water partition coefficient (Wildman–Crippen LogP) is 3.99. The number of nitrogens with zero attached hydrogens (tertiary/aromatic N) is 3. The minimum atomic E-state index is 0. The topological polar surface area (TPSA) is 52.6 Å². The summed E-state index contributed by atoms with van der Waals surface area (Å²) in [4.78, 5) is 10.9. The molecule has 8 heteroatoms. The van der Waals surface area contributed by atoms with Gasteiger partial charge in [-0.25, -0.2) is 4.98 Å². The summed E-state index contributed by atoms with van der Waals surface area (Å²) in [6.07, 6.45) is 3.71. The third kappa shape index (κ3) is 6.40. The Morgan fingerprint density at radius 1 is 1.26 bits per heavy atom. The highest BCUT2D eigenvalue weighted by atomic mass is 127. The standard InChI is InChI=1S/C19H23Cl2N5.HI/c1-22-19(24-11-8-14-4-6-15(20)7-5-14)25-16-9-12-26(13-16)18-17(21)3-2-10-23-18;/h2-7,10,16H,8-9,11-13H2,1H3,(H2,22,24,25);1H. The van der Waals surface area contributed by atoms with Crippen LogP contribution in [0.25, 0.3) is 0 Å². The summed E-state index contributed by atoms with van der Waals surface area (Å²) in [7, 11) is 1.79. The number of rotatable bonds is 5. The van der Waals surface area contributed by atoms with Gasteiger partial charge in [-0.3, -0.25) is 4.99 Å². The molecule has 5 nitrogen and oxygen atoms in total. The van der Waals surface area contributed by atoms with Crippen LogP contribution in [0.3, 0.4) is 0 Å². The van der Waals surface area contributed by atoms with E-state index in [1.165, 1.54) is 5.56 Å². The molecule has 146 valence electrons. The highest BCUT2D eigenvalue weighted by Gasteiger charge is 2.25. The van der Waals surface area contributed by atoms with Crippen molar-refractivity contribution >= 4 is 59.0 Å². The molecule has 0 spiro atoms. The molecule has 0 saturated carbocycles. The lowest BCUT2D eigenvalue weighted by Gasteiger charge is -2.20. The largest absolute Gasteiger partial charge is 0.356 e. The highest BCUT2D eigenvalue weighted by Crippen LogP contribution is 2.25. The van der Waals surface area contributed by atoms with E-state index in [1.807, 2.05) is 36.4 Å². The van der Waals surface area contributed by atoms with Gasteiger partial charge in [0.25, 0.3) is 0 Å². The molecule has 1 fully saturated rings. The number of hydrogen-bond donors (Lipinski definition) is 2. The minimum Gasteiger partial charge on any atom is -0.356 e. The first-order chi connectivity index (χ1) is 12.7. The summed E-state index contributed by atoms with van der Waals surface area (Å²) in [5, 5.41) is 8.31. The fourth-order valence-electron chi connectivity index (χ4n) is 3.04. The number of anilines is 1. The minimum absolute atomic E-state index is 0. The summed E-state index contributed by atoms with van der Waals surface area (Å²) >= 11 is 12.2. The fourth-order valence-corrected chi connectivity index (χ4v) is 3.41. The zero-order valence-corrected chi connectivity index (χ0v) is 19.0. The molecular weight excluding hydrogens is 496 g/mol. The Morgan fingerprint density at radius 3 is 2.74 bits per heavy atom. The molecule has 0 amide bonds. The van der Waals surface area contributed by atoms with Gasteiger partial charge in [-0.05, 0) is 42.7 Å². The monoisotopic (exact) mass is 519 g/mol. The number of aliphatic imine (C=N–C) groups is 1. The molecule has 1 aromatic heterocycles. The van der Waals surface area contributed by atoms with Crippen molar-refractivity contribution in [2.75, 3.05) is 31.6 Å². The van der Waals surface area contributed by atoms with Crippen LogP contribution in [0.5, 0.6) is 0 Å². The van der Waals surface area contributed by atoms with Crippen molar-refractivity contribution in [3.05, 3.63) is 58.2 Å². The maximum Gasteiger partial charge on any atom is 0.191 e. The molecule has 1 unspecified atom stereocenters. The normalized spacial score (nSPS) is 16.8. The van der Waals surface area contributed by atoms with Crippen molar-refractivity contribution in [2.45, 2.75) is 18.9 Å². The predicted molar refractivity (Wildman–Crippen MR) is 125 cm³/mol. The lowest BCUT2D eigenvalue weighted by Crippen LogP contribution is -2.45. The van der Waals surface area contributed by atoms with Crippen LogP contribution in [0.4, 0.5) is 5.82 Å². The van der Waals surface area contributed by atoms with Crippen LogP contribution in [0.2, 0.25) is 10.0 Å². The summed E-state index contributed by atoms with van der Waals surface area (Å²) in [6, 6.07) is 12.0. The number of guanidine groups is 1. The van der Waals surface area contributed by atoms with E-state index in [2.05, 4.69) is 25.5 Å². The molecule has 27 heavy (non-hydrogen) atoms. The van der Waals surface area contributed by atoms with Gasteiger partial charge in [0.2, 0.25) is 0 Å². The average Bonchev–Trinajstić information content (AvgIpc) is 3.11. The summed E-state index contributed by atoms with van der Waals surface area (Å²) in [5.41, 5.74) is 1.24. The van der Waals surface area contributed by atoms with Gasteiger partial charge < -0.3 is 15.5 Å². The van der Waals surface area contributed by atoms with Crippen molar-refractivity contribution in [3.63, 3.8) is 0 Å². The molecule has 3 rings (SSSR count). The number of pyridine rings is 1. The molecule has 2 N–H and O–H groups in total. The fraction of sp³-hybridized carbons (Fsp3) is 0.368. The third-order valence-electron chi connectivity index (χ3n) is 4.41. The molecule has 1 aromatic carbocycles. The summed E-state index contributed by atoms with van der Waals surface area (Å²) in [5.74, 6) is 1.67. The zero-order valence-electron chi connectivity index (χ0n) is 15.2. The van der Waals surface area contributed by atoms with E-state index in [0.717, 1.165) is 49.3 Å². The van der Waals surface area contributed by atoms with Crippen LogP contribution < -0.4 is 15.5 Å². The molecule has 0 radical (unpaired) electrons. The van der Waals surface area contributed by atoms with Crippen molar-refractivity contribution < 1.29 is 0 Å². The lowest BCUT2D eigenvalue weighted by atomic mass is 10.1. The number of nitrogens with one attached hydrogen (secondary N) is 2. The van der Waals surface area contributed by atoms with Crippen LogP contribution >= 0.6 is 47.2 Å².